The van der Waals surface area contributed by atoms with Gasteiger partial charge in [-0.15, -0.1) is 0 Å². The molecule has 3 rings (SSSR count). The summed E-state index contributed by atoms with van der Waals surface area (Å²) >= 11 is 0. The van der Waals surface area contributed by atoms with Crippen LogP contribution in [0.5, 0.6) is 0 Å². The van der Waals surface area contributed by atoms with Crippen molar-refractivity contribution in [2.75, 3.05) is 11.4 Å². The monoisotopic (exact) mass is 373 g/mol. The Morgan fingerprint density at radius 1 is 1.23 bits per heavy atom. The van der Waals surface area contributed by atoms with Crippen molar-refractivity contribution in [1.29, 1.82) is 0 Å². The van der Waals surface area contributed by atoms with Gasteiger partial charge in [-0.2, -0.15) is 13.2 Å². The first-order valence-electron chi connectivity index (χ1n) is 7.79. The standard InChI is InChI=1S/C12H14F3N3.C4H4O4/c13-12(14,15)11-2-1-8(6-17-11)18-9(5-16)3-7-4-10(7)18;5-3(6)1-2-4(7)8/h1-2,6-7,9-10H,3-5,16H2;1-2H,(H,5,6)(H,7,8)/b;2-1+. The van der Waals surface area contributed by atoms with E-state index in [0.717, 1.165) is 24.6 Å². The number of fused-ring (bicyclic) bond motifs is 1. The van der Waals surface area contributed by atoms with Crippen LogP contribution in [0.25, 0.3) is 0 Å². The Bertz CT molecular complexity index is 675. The first-order valence-corrected chi connectivity index (χ1v) is 7.79. The zero-order valence-corrected chi connectivity index (χ0v) is 13.6. The van der Waals surface area contributed by atoms with Gasteiger partial charge in [0.25, 0.3) is 0 Å². The second kappa shape index (κ2) is 7.73. The number of carboxylic acids is 2. The molecule has 2 fully saturated rings. The minimum Gasteiger partial charge on any atom is -0.478 e. The molecule has 1 saturated heterocycles. The summed E-state index contributed by atoms with van der Waals surface area (Å²) in [4.78, 5) is 24.8. The first-order chi connectivity index (χ1) is 12.1. The largest absolute Gasteiger partial charge is 0.478 e. The van der Waals surface area contributed by atoms with E-state index >= 15 is 0 Å². The highest BCUT2D eigenvalue weighted by Crippen LogP contribution is 2.49. The van der Waals surface area contributed by atoms with E-state index in [1.807, 2.05) is 0 Å². The third-order valence-electron chi connectivity index (χ3n) is 4.19. The molecule has 0 amide bonds. The van der Waals surface area contributed by atoms with Gasteiger partial charge in [0.15, 0.2) is 0 Å². The number of hydrogen-bond donors (Lipinski definition) is 3. The van der Waals surface area contributed by atoms with Crippen molar-refractivity contribution in [1.82, 2.24) is 4.98 Å². The molecule has 4 N–H and O–H groups in total. The number of nitrogens with zero attached hydrogens (tertiary/aromatic N) is 2. The SMILES string of the molecule is NCC1CC2CC2N1c1ccc(C(F)(F)F)nc1.O=C(O)/C=C/C(=O)O. The summed E-state index contributed by atoms with van der Waals surface area (Å²) in [5, 5.41) is 15.6. The molecule has 0 spiro atoms. The minimum atomic E-state index is -4.38. The quantitative estimate of drug-likeness (QED) is 0.688. The van der Waals surface area contributed by atoms with Crippen LogP contribution in [0.4, 0.5) is 18.9 Å². The maximum atomic E-state index is 12.4. The number of carbonyl (C=O) groups is 2. The number of piperidine rings is 1. The van der Waals surface area contributed by atoms with Crippen LogP contribution in [0, 0.1) is 5.92 Å². The summed E-state index contributed by atoms with van der Waals surface area (Å²) < 4.78 is 37.3. The van der Waals surface area contributed by atoms with Crippen molar-refractivity contribution in [3.8, 4) is 0 Å². The first kappa shape index (κ1) is 19.7. The summed E-state index contributed by atoms with van der Waals surface area (Å²) in [5.74, 6) is -1.85. The number of carboxylic acid groups (broad SMARTS) is 2. The molecule has 0 aromatic carbocycles. The normalized spacial score (nSPS) is 24.0. The Labute approximate surface area is 146 Å². The van der Waals surface area contributed by atoms with Gasteiger partial charge < -0.3 is 20.8 Å². The van der Waals surface area contributed by atoms with Crippen LogP contribution in [-0.4, -0.2) is 45.8 Å². The van der Waals surface area contributed by atoms with Crippen LogP contribution >= 0.6 is 0 Å². The third kappa shape index (κ3) is 4.94. The lowest BCUT2D eigenvalue weighted by Gasteiger charge is -2.28. The lowest BCUT2D eigenvalue weighted by molar-refractivity contribution is -0.141. The van der Waals surface area contributed by atoms with E-state index in [4.69, 9.17) is 15.9 Å². The van der Waals surface area contributed by atoms with Gasteiger partial charge in [0, 0.05) is 30.8 Å². The molecule has 10 heteroatoms. The maximum absolute atomic E-state index is 12.4. The molecule has 1 saturated carbocycles. The molecule has 1 aliphatic carbocycles. The van der Waals surface area contributed by atoms with Gasteiger partial charge in [0.2, 0.25) is 0 Å². The van der Waals surface area contributed by atoms with Gasteiger partial charge in [0.05, 0.1) is 11.9 Å². The van der Waals surface area contributed by atoms with E-state index in [9.17, 15) is 22.8 Å². The van der Waals surface area contributed by atoms with Crippen molar-refractivity contribution < 1.29 is 33.0 Å². The predicted octanol–water partition coefficient (Wildman–Crippen LogP) is 1.74. The number of aromatic nitrogens is 1. The molecule has 3 unspecified atom stereocenters. The smallest absolute Gasteiger partial charge is 0.433 e. The van der Waals surface area contributed by atoms with Gasteiger partial charge in [-0.3, -0.25) is 0 Å². The van der Waals surface area contributed by atoms with Gasteiger partial charge in [-0.05, 0) is 30.9 Å². The number of rotatable bonds is 4. The fourth-order valence-corrected chi connectivity index (χ4v) is 3.02. The molecule has 2 heterocycles. The summed E-state index contributed by atoms with van der Waals surface area (Å²) in [6, 6.07) is 3.24. The van der Waals surface area contributed by atoms with Crippen molar-refractivity contribution in [3.63, 3.8) is 0 Å². The summed E-state index contributed by atoms with van der Waals surface area (Å²) in [5.41, 5.74) is 5.61. The molecule has 0 bridgehead atoms. The zero-order valence-electron chi connectivity index (χ0n) is 13.6. The molecule has 1 aromatic heterocycles. The number of alkyl halides is 3. The fraction of sp³-hybridized carbons (Fsp3) is 0.438. The lowest BCUT2D eigenvalue weighted by Crippen LogP contribution is -2.38. The molecule has 7 nitrogen and oxygen atoms in total. The summed E-state index contributed by atoms with van der Waals surface area (Å²) in [6.07, 6.45) is 0.218. The molecular formula is C16H18F3N3O4. The highest BCUT2D eigenvalue weighted by molar-refractivity contribution is 5.89. The van der Waals surface area contributed by atoms with Gasteiger partial charge >= 0.3 is 18.1 Å². The van der Waals surface area contributed by atoms with E-state index < -0.39 is 23.8 Å². The van der Waals surface area contributed by atoms with Crippen LogP contribution in [0.1, 0.15) is 18.5 Å². The number of halogens is 3. The van der Waals surface area contributed by atoms with E-state index in [1.165, 1.54) is 12.3 Å². The average Bonchev–Trinajstić information content (AvgIpc) is 3.23. The maximum Gasteiger partial charge on any atom is 0.433 e. The van der Waals surface area contributed by atoms with Crippen molar-refractivity contribution in [2.45, 2.75) is 31.1 Å². The highest BCUT2D eigenvalue weighted by Gasteiger charge is 2.51. The van der Waals surface area contributed by atoms with E-state index in [-0.39, 0.29) is 6.04 Å². The summed E-state index contributed by atoms with van der Waals surface area (Å²) in [6.45, 7) is 0.536. The second-order valence-corrected chi connectivity index (χ2v) is 6.00. The summed E-state index contributed by atoms with van der Waals surface area (Å²) in [7, 11) is 0. The average molecular weight is 373 g/mol. The molecule has 26 heavy (non-hydrogen) atoms. The van der Waals surface area contributed by atoms with E-state index in [0.29, 0.717) is 30.7 Å². The predicted molar refractivity (Wildman–Crippen MR) is 85.5 cm³/mol. The Hall–Kier alpha value is -2.62. The fourth-order valence-electron chi connectivity index (χ4n) is 3.02. The Morgan fingerprint density at radius 3 is 2.27 bits per heavy atom. The zero-order chi connectivity index (χ0) is 19.5. The lowest BCUT2D eigenvalue weighted by atomic mass is 10.1. The molecule has 0 radical (unpaired) electrons. The van der Waals surface area contributed by atoms with E-state index in [2.05, 4.69) is 9.88 Å². The molecule has 1 aromatic rings. The molecule has 142 valence electrons. The number of nitrogens with two attached hydrogens (primary N) is 1. The number of aliphatic carboxylic acids is 2. The number of anilines is 1. The van der Waals surface area contributed by atoms with Crippen LogP contribution in [0.3, 0.4) is 0 Å². The van der Waals surface area contributed by atoms with Gasteiger partial charge in [-0.1, -0.05) is 0 Å². The molecule has 3 atom stereocenters. The van der Waals surface area contributed by atoms with Crippen LogP contribution in [0.15, 0.2) is 30.5 Å². The van der Waals surface area contributed by atoms with Crippen LogP contribution in [-0.2, 0) is 15.8 Å². The Kier molecular flexibility index (Phi) is 5.86. The van der Waals surface area contributed by atoms with Crippen LogP contribution in [0.2, 0.25) is 0 Å². The van der Waals surface area contributed by atoms with Crippen LogP contribution < -0.4 is 10.6 Å². The second-order valence-electron chi connectivity index (χ2n) is 6.00. The minimum absolute atomic E-state index is 0.243. The van der Waals surface area contributed by atoms with E-state index in [1.54, 1.807) is 0 Å². The van der Waals surface area contributed by atoms with Crippen molar-refractivity contribution in [3.05, 3.63) is 36.2 Å². The highest BCUT2D eigenvalue weighted by atomic mass is 19.4. The van der Waals surface area contributed by atoms with Crippen molar-refractivity contribution in [2.24, 2.45) is 11.7 Å². The van der Waals surface area contributed by atoms with Gasteiger partial charge in [0.1, 0.15) is 5.69 Å². The topological polar surface area (TPSA) is 117 Å². The molecule has 1 aliphatic heterocycles. The third-order valence-corrected chi connectivity index (χ3v) is 4.19. The molecular weight excluding hydrogens is 355 g/mol. The molecule has 2 aliphatic rings. The Morgan fingerprint density at radius 2 is 1.85 bits per heavy atom. The Balaban J connectivity index is 0.000000260. The van der Waals surface area contributed by atoms with Crippen molar-refractivity contribution >= 4 is 17.6 Å². The van der Waals surface area contributed by atoms with Gasteiger partial charge in [-0.25, -0.2) is 14.6 Å². The number of hydrogen-bond acceptors (Lipinski definition) is 5. The number of pyridine rings is 1.